The number of hydrogen-bond donors (Lipinski definition) is 3. The average molecular weight is 481 g/mol. The summed E-state index contributed by atoms with van der Waals surface area (Å²) in [5, 5.41) is 13.9. The monoisotopic (exact) mass is 480 g/mol. The Morgan fingerprint density at radius 3 is 2.50 bits per heavy atom. The largest absolute Gasteiger partial charge is 0.326 e. The van der Waals surface area contributed by atoms with Crippen LogP contribution < -0.4 is 16.0 Å². The summed E-state index contributed by atoms with van der Waals surface area (Å²) in [4.78, 5) is 28.8. The van der Waals surface area contributed by atoms with E-state index in [1.165, 1.54) is 6.92 Å². The van der Waals surface area contributed by atoms with Gasteiger partial charge in [-0.2, -0.15) is 5.10 Å². The topological polar surface area (TPSA) is 100 Å². The van der Waals surface area contributed by atoms with Gasteiger partial charge in [0.05, 0.1) is 12.2 Å². The van der Waals surface area contributed by atoms with Crippen molar-refractivity contribution in [2.45, 2.75) is 47.2 Å². The minimum atomic E-state index is -0.335. The van der Waals surface area contributed by atoms with Crippen molar-refractivity contribution in [1.29, 1.82) is 0 Å². The molecule has 0 atom stereocenters. The van der Waals surface area contributed by atoms with E-state index in [0.717, 1.165) is 35.5 Å². The fraction of sp³-hybridized carbons (Fsp3) is 0.280. The molecule has 1 aromatic heterocycles. The maximum atomic E-state index is 12.9. The highest BCUT2D eigenvalue weighted by Gasteiger charge is 2.13. The number of rotatable bonds is 7. The summed E-state index contributed by atoms with van der Waals surface area (Å²) in [6.07, 6.45) is 2.97. The van der Waals surface area contributed by atoms with Crippen molar-refractivity contribution in [2.75, 3.05) is 10.6 Å². The van der Waals surface area contributed by atoms with E-state index in [4.69, 9.17) is 11.6 Å². The molecule has 3 aromatic rings. The minimum Gasteiger partial charge on any atom is -0.326 e. The van der Waals surface area contributed by atoms with Gasteiger partial charge in [-0.25, -0.2) is 4.99 Å². The molecule has 2 amide bonds. The molecule has 0 saturated carbocycles. The van der Waals surface area contributed by atoms with Crippen LogP contribution >= 0.6 is 11.6 Å². The van der Waals surface area contributed by atoms with Gasteiger partial charge in [0.15, 0.2) is 0 Å². The van der Waals surface area contributed by atoms with Gasteiger partial charge < -0.3 is 10.6 Å². The molecule has 0 aliphatic heterocycles. The number of benzene rings is 2. The first-order chi connectivity index (χ1) is 16.3. The Morgan fingerprint density at radius 1 is 1.09 bits per heavy atom. The SMILES string of the molecule is CCCn1cc(CN=C(NC(=O)c2ccc(NC(C)=O)cc2)Nc2cccc(Cl)c2C)c(C)n1. The Labute approximate surface area is 204 Å². The third-order valence-corrected chi connectivity index (χ3v) is 5.54. The van der Waals surface area contributed by atoms with Gasteiger partial charge in [0.2, 0.25) is 11.9 Å². The van der Waals surface area contributed by atoms with Crippen molar-refractivity contribution < 1.29 is 9.59 Å². The van der Waals surface area contributed by atoms with Gasteiger partial charge in [0, 0.05) is 47.2 Å². The number of nitrogens with zero attached hydrogens (tertiary/aromatic N) is 3. The molecule has 3 N–H and O–H groups in total. The maximum absolute atomic E-state index is 12.9. The third kappa shape index (κ3) is 6.68. The lowest BCUT2D eigenvalue weighted by atomic mass is 10.2. The maximum Gasteiger partial charge on any atom is 0.257 e. The predicted molar refractivity (Wildman–Crippen MR) is 136 cm³/mol. The predicted octanol–water partition coefficient (Wildman–Crippen LogP) is 4.92. The van der Waals surface area contributed by atoms with Gasteiger partial charge in [-0.05, 0) is 62.2 Å². The number of guanidine groups is 1. The molecule has 8 nitrogen and oxygen atoms in total. The molecular weight excluding hydrogens is 452 g/mol. The molecule has 0 unspecified atom stereocenters. The molecule has 2 aromatic carbocycles. The molecular formula is C25H29ClN6O2. The van der Waals surface area contributed by atoms with E-state index in [2.05, 4.69) is 33.0 Å². The van der Waals surface area contributed by atoms with Gasteiger partial charge in [-0.3, -0.25) is 19.6 Å². The Kier molecular flexibility index (Phi) is 8.43. The number of anilines is 2. The fourth-order valence-corrected chi connectivity index (χ4v) is 3.47. The summed E-state index contributed by atoms with van der Waals surface area (Å²) in [7, 11) is 0. The standard InChI is InChI=1S/C25H29ClN6O2/c1-5-13-32-15-20(17(3)31-32)14-27-25(29-23-8-6-7-22(26)16(23)2)30-24(34)19-9-11-21(12-10-19)28-18(4)33/h6-12,15H,5,13-14H2,1-4H3,(H,28,33)(H2,27,29,30,34). The van der Waals surface area contributed by atoms with E-state index in [0.29, 0.717) is 28.8 Å². The van der Waals surface area contributed by atoms with E-state index >= 15 is 0 Å². The van der Waals surface area contributed by atoms with Crippen molar-refractivity contribution in [3.63, 3.8) is 0 Å². The number of aliphatic imine (C=N–C) groups is 1. The van der Waals surface area contributed by atoms with Gasteiger partial charge >= 0.3 is 0 Å². The second-order valence-corrected chi connectivity index (χ2v) is 8.32. The summed E-state index contributed by atoms with van der Waals surface area (Å²) in [5.74, 6) is -0.215. The Hall–Kier alpha value is -3.65. The van der Waals surface area contributed by atoms with Crippen LogP contribution in [0.15, 0.2) is 53.7 Å². The zero-order chi connectivity index (χ0) is 24.7. The van der Waals surface area contributed by atoms with Crippen LogP contribution in [0.25, 0.3) is 0 Å². The number of aryl methyl sites for hydroxylation is 2. The van der Waals surface area contributed by atoms with Crippen LogP contribution in [-0.2, 0) is 17.9 Å². The van der Waals surface area contributed by atoms with Gasteiger partial charge in [-0.1, -0.05) is 24.6 Å². The number of nitrogens with one attached hydrogen (secondary N) is 3. The molecule has 0 saturated heterocycles. The van der Waals surface area contributed by atoms with E-state index in [1.54, 1.807) is 30.3 Å². The van der Waals surface area contributed by atoms with Crippen LogP contribution in [0.5, 0.6) is 0 Å². The van der Waals surface area contributed by atoms with Gasteiger partial charge in [0.25, 0.3) is 5.91 Å². The van der Waals surface area contributed by atoms with Crippen LogP contribution in [0.4, 0.5) is 11.4 Å². The van der Waals surface area contributed by atoms with Crippen molar-refractivity contribution in [3.8, 4) is 0 Å². The number of hydrogen-bond acceptors (Lipinski definition) is 4. The number of halogens is 1. The molecule has 1 heterocycles. The molecule has 34 heavy (non-hydrogen) atoms. The molecule has 0 bridgehead atoms. The Morgan fingerprint density at radius 2 is 1.82 bits per heavy atom. The number of carbonyl (C=O) groups excluding carboxylic acids is 2. The summed E-state index contributed by atoms with van der Waals surface area (Å²) in [6.45, 7) is 8.55. The Balaban J connectivity index is 1.83. The normalized spacial score (nSPS) is 11.3. The molecule has 178 valence electrons. The van der Waals surface area contributed by atoms with Crippen LogP contribution in [0.3, 0.4) is 0 Å². The zero-order valence-corrected chi connectivity index (χ0v) is 20.5. The molecule has 9 heteroatoms. The summed E-state index contributed by atoms with van der Waals surface area (Å²) in [5.41, 5.74) is 4.51. The van der Waals surface area contributed by atoms with Crippen molar-refractivity contribution in [3.05, 3.63) is 76.1 Å². The second kappa shape index (κ2) is 11.5. The first-order valence-electron chi connectivity index (χ1n) is 11.0. The Bertz CT molecular complexity index is 1200. The van der Waals surface area contributed by atoms with Crippen molar-refractivity contribution in [2.24, 2.45) is 4.99 Å². The van der Waals surface area contributed by atoms with Crippen LogP contribution in [0.2, 0.25) is 5.02 Å². The highest BCUT2D eigenvalue weighted by Crippen LogP contribution is 2.23. The van der Waals surface area contributed by atoms with Gasteiger partial charge in [-0.15, -0.1) is 0 Å². The zero-order valence-electron chi connectivity index (χ0n) is 19.8. The van der Waals surface area contributed by atoms with Crippen molar-refractivity contribution in [1.82, 2.24) is 15.1 Å². The number of carbonyl (C=O) groups is 2. The highest BCUT2D eigenvalue weighted by molar-refractivity contribution is 6.31. The van der Waals surface area contributed by atoms with Gasteiger partial charge in [0.1, 0.15) is 0 Å². The molecule has 0 aliphatic carbocycles. The van der Waals surface area contributed by atoms with Crippen molar-refractivity contribution >= 4 is 40.7 Å². The van der Waals surface area contributed by atoms with E-state index in [9.17, 15) is 9.59 Å². The summed E-state index contributed by atoms with van der Waals surface area (Å²) >= 11 is 6.27. The summed E-state index contributed by atoms with van der Waals surface area (Å²) in [6, 6.07) is 12.1. The quantitative estimate of drug-likeness (QED) is 0.330. The number of amides is 2. The lowest BCUT2D eigenvalue weighted by molar-refractivity contribution is -0.114. The van der Waals surface area contributed by atoms with Crippen LogP contribution in [-0.4, -0.2) is 27.6 Å². The highest BCUT2D eigenvalue weighted by atomic mass is 35.5. The smallest absolute Gasteiger partial charge is 0.257 e. The number of aromatic nitrogens is 2. The summed E-state index contributed by atoms with van der Waals surface area (Å²) < 4.78 is 1.91. The first-order valence-corrected chi connectivity index (χ1v) is 11.4. The van der Waals surface area contributed by atoms with Crippen LogP contribution in [0.1, 0.15) is 47.4 Å². The van der Waals surface area contributed by atoms with E-state index in [-0.39, 0.29) is 11.8 Å². The lowest BCUT2D eigenvalue weighted by Gasteiger charge is -2.14. The second-order valence-electron chi connectivity index (χ2n) is 7.92. The molecule has 0 radical (unpaired) electrons. The fourth-order valence-electron chi connectivity index (χ4n) is 3.29. The van der Waals surface area contributed by atoms with E-state index < -0.39 is 0 Å². The lowest BCUT2D eigenvalue weighted by Crippen LogP contribution is -2.36. The first kappa shape index (κ1) is 25.0. The molecule has 0 fully saturated rings. The average Bonchev–Trinajstić information content (AvgIpc) is 3.14. The van der Waals surface area contributed by atoms with Crippen LogP contribution in [0, 0.1) is 13.8 Å². The minimum absolute atomic E-state index is 0.176. The molecule has 0 spiro atoms. The third-order valence-electron chi connectivity index (χ3n) is 5.13. The van der Waals surface area contributed by atoms with E-state index in [1.807, 2.05) is 36.9 Å². The molecule has 3 rings (SSSR count). The molecule has 0 aliphatic rings.